The molecule has 32 heavy (non-hydrogen) atoms. The van der Waals surface area contributed by atoms with Crippen molar-refractivity contribution in [1.82, 2.24) is 10.6 Å². The smallest absolute Gasteiger partial charge is 0.322 e. The number of carbonyl (C=O) groups is 4. The Kier molecular flexibility index (Phi) is 4.93. The van der Waals surface area contributed by atoms with Gasteiger partial charge in [-0.25, -0.2) is 4.79 Å². The quantitative estimate of drug-likeness (QED) is 0.621. The third-order valence-electron chi connectivity index (χ3n) is 6.07. The summed E-state index contributed by atoms with van der Waals surface area (Å²) in [7, 11) is 0. The van der Waals surface area contributed by atoms with E-state index in [4.69, 9.17) is 0 Å². The number of nitrogens with one attached hydrogen (secondary N) is 3. The number of rotatable bonds is 3. The van der Waals surface area contributed by atoms with E-state index in [0.717, 1.165) is 27.3 Å². The highest BCUT2D eigenvalue weighted by atomic mass is 32.2. The second kappa shape index (κ2) is 7.67. The van der Waals surface area contributed by atoms with Crippen LogP contribution in [0, 0.1) is 6.92 Å². The molecule has 2 aromatic carbocycles. The number of amides is 5. The van der Waals surface area contributed by atoms with Gasteiger partial charge in [-0.2, -0.15) is 0 Å². The Hall–Kier alpha value is -3.33. The van der Waals surface area contributed by atoms with Crippen molar-refractivity contribution in [2.24, 2.45) is 0 Å². The molecule has 1 aliphatic carbocycles. The van der Waals surface area contributed by atoms with Crippen molar-refractivity contribution in [2.45, 2.75) is 36.6 Å². The van der Waals surface area contributed by atoms with E-state index < -0.39 is 11.6 Å². The number of urea groups is 1. The average Bonchev–Trinajstić information content (AvgIpc) is 3.18. The van der Waals surface area contributed by atoms with Gasteiger partial charge in [0.15, 0.2) is 0 Å². The Morgan fingerprint density at radius 3 is 2.72 bits per heavy atom. The first-order valence-corrected chi connectivity index (χ1v) is 11.4. The van der Waals surface area contributed by atoms with E-state index in [1.54, 1.807) is 22.7 Å². The molecule has 1 fully saturated rings. The second-order valence-corrected chi connectivity index (χ2v) is 9.56. The van der Waals surface area contributed by atoms with Crippen LogP contribution < -0.4 is 20.9 Å². The van der Waals surface area contributed by atoms with E-state index in [2.05, 4.69) is 16.0 Å². The van der Waals surface area contributed by atoms with Gasteiger partial charge in [-0.15, -0.1) is 11.8 Å². The minimum atomic E-state index is -0.945. The number of hydrogen-bond acceptors (Lipinski definition) is 5. The van der Waals surface area contributed by atoms with Crippen molar-refractivity contribution in [3.05, 3.63) is 53.1 Å². The molecule has 3 aliphatic rings. The lowest BCUT2D eigenvalue weighted by Gasteiger charge is -2.22. The maximum Gasteiger partial charge on any atom is 0.322 e. The van der Waals surface area contributed by atoms with Gasteiger partial charge >= 0.3 is 6.03 Å². The van der Waals surface area contributed by atoms with E-state index in [1.165, 1.54) is 0 Å². The van der Waals surface area contributed by atoms with Gasteiger partial charge in [-0.05, 0) is 47.9 Å². The molecular weight excluding hydrogens is 428 g/mol. The van der Waals surface area contributed by atoms with E-state index in [0.29, 0.717) is 30.7 Å². The molecule has 0 saturated carbocycles. The molecule has 5 amide bonds. The fourth-order valence-corrected chi connectivity index (χ4v) is 5.50. The molecule has 3 N–H and O–H groups in total. The lowest BCUT2D eigenvalue weighted by Crippen LogP contribution is -2.47. The summed E-state index contributed by atoms with van der Waals surface area (Å²) in [6.45, 7) is 1.89. The SMILES string of the molecule is Cc1ccc2c(c1)N(CC(=O)Nc1ccc3c(c1)CC1(C3)NC(=O)NC1=O)C(=O)CCS2. The molecule has 2 aromatic rings. The minimum Gasteiger partial charge on any atom is -0.325 e. The maximum absolute atomic E-state index is 12.8. The van der Waals surface area contributed by atoms with Crippen LogP contribution >= 0.6 is 11.8 Å². The summed E-state index contributed by atoms with van der Waals surface area (Å²) in [6, 6.07) is 10.9. The number of aryl methyl sites for hydroxylation is 1. The summed E-state index contributed by atoms with van der Waals surface area (Å²) in [5.74, 6) is -0.00656. The van der Waals surface area contributed by atoms with Crippen molar-refractivity contribution >= 4 is 46.9 Å². The first-order chi connectivity index (χ1) is 15.3. The summed E-state index contributed by atoms with van der Waals surface area (Å²) < 4.78 is 0. The van der Waals surface area contributed by atoms with Gasteiger partial charge < -0.3 is 15.5 Å². The van der Waals surface area contributed by atoms with Crippen molar-refractivity contribution in [2.75, 3.05) is 22.5 Å². The number of carbonyl (C=O) groups excluding carboxylic acids is 4. The lowest BCUT2D eigenvalue weighted by molar-refractivity contribution is -0.123. The molecule has 5 rings (SSSR count). The van der Waals surface area contributed by atoms with E-state index in [9.17, 15) is 19.2 Å². The van der Waals surface area contributed by atoms with Gasteiger partial charge in [0.1, 0.15) is 12.1 Å². The van der Waals surface area contributed by atoms with E-state index >= 15 is 0 Å². The molecule has 1 saturated heterocycles. The Bertz CT molecular complexity index is 1180. The van der Waals surface area contributed by atoms with Crippen LogP contribution in [0.15, 0.2) is 41.3 Å². The summed E-state index contributed by atoms with van der Waals surface area (Å²) >= 11 is 1.62. The van der Waals surface area contributed by atoms with Crippen LogP contribution in [0.5, 0.6) is 0 Å². The number of hydrogen-bond donors (Lipinski definition) is 3. The number of benzene rings is 2. The van der Waals surface area contributed by atoms with E-state index in [1.807, 2.05) is 37.3 Å². The zero-order valence-electron chi connectivity index (χ0n) is 17.5. The summed E-state index contributed by atoms with van der Waals surface area (Å²) in [5, 5.41) is 7.91. The lowest BCUT2D eigenvalue weighted by atomic mass is 9.96. The van der Waals surface area contributed by atoms with Gasteiger partial charge in [0.05, 0.1) is 5.69 Å². The van der Waals surface area contributed by atoms with Gasteiger partial charge in [-0.1, -0.05) is 12.1 Å². The first kappa shape index (κ1) is 20.6. The van der Waals surface area contributed by atoms with Gasteiger partial charge in [0.25, 0.3) is 5.91 Å². The van der Waals surface area contributed by atoms with Crippen LogP contribution in [0.2, 0.25) is 0 Å². The molecule has 0 radical (unpaired) electrons. The third-order valence-corrected chi connectivity index (χ3v) is 7.13. The molecule has 2 heterocycles. The fourth-order valence-electron chi connectivity index (χ4n) is 4.53. The van der Waals surface area contributed by atoms with Crippen molar-refractivity contribution < 1.29 is 19.2 Å². The molecule has 1 spiro atoms. The molecule has 164 valence electrons. The predicted octanol–water partition coefficient (Wildman–Crippen LogP) is 2.14. The van der Waals surface area contributed by atoms with Crippen molar-refractivity contribution in [3.63, 3.8) is 0 Å². The Labute approximate surface area is 189 Å². The topological polar surface area (TPSA) is 108 Å². The monoisotopic (exact) mass is 450 g/mol. The standard InChI is InChI=1S/C23H22N4O4S/c1-13-2-5-18-17(8-13)27(20(29)6-7-32-18)12-19(28)24-16-4-3-14-10-23(11-15(14)9-16)21(30)25-22(31)26-23/h2-5,8-9H,6-7,10-12H2,1H3,(H,24,28)(H2,25,26,30,31). The third kappa shape index (κ3) is 3.62. The number of thioether (sulfide) groups is 1. The molecule has 1 unspecified atom stereocenters. The fraction of sp³-hybridized carbons (Fsp3) is 0.304. The molecule has 8 nitrogen and oxygen atoms in total. The maximum atomic E-state index is 12.8. The second-order valence-electron chi connectivity index (χ2n) is 8.43. The van der Waals surface area contributed by atoms with Crippen LogP contribution in [0.3, 0.4) is 0 Å². The largest absolute Gasteiger partial charge is 0.325 e. The summed E-state index contributed by atoms with van der Waals surface area (Å²) in [6.07, 6.45) is 1.17. The van der Waals surface area contributed by atoms with Crippen LogP contribution in [0.1, 0.15) is 23.1 Å². The molecule has 0 aromatic heterocycles. The molecule has 0 bridgehead atoms. The molecular formula is C23H22N4O4S. The van der Waals surface area contributed by atoms with Crippen molar-refractivity contribution in [3.8, 4) is 0 Å². The van der Waals surface area contributed by atoms with Crippen LogP contribution in [0.25, 0.3) is 0 Å². The van der Waals surface area contributed by atoms with Gasteiger partial charge in [0, 0.05) is 35.6 Å². The van der Waals surface area contributed by atoms with Crippen LogP contribution in [-0.2, 0) is 27.2 Å². The van der Waals surface area contributed by atoms with Gasteiger partial charge in [-0.3, -0.25) is 19.7 Å². The number of anilines is 2. The molecule has 2 aliphatic heterocycles. The minimum absolute atomic E-state index is 0.0733. The zero-order valence-corrected chi connectivity index (χ0v) is 18.3. The number of nitrogens with zero attached hydrogens (tertiary/aromatic N) is 1. The first-order valence-electron chi connectivity index (χ1n) is 10.4. The van der Waals surface area contributed by atoms with E-state index in [-0.39, 0.29) is 24.3 Å². The van der Waals surface area contributed by atoms with Crippen LogP contribution in [-0.4, -0.2) is 41.6 Å². The Morgan fingerprint density at radius 1 is 1.12 bits per heavy atom. The predicted molar refractivity (Wildman–Crippen MR) is 121 cm³/mol. The van der Waals surface area contributed by atoms with Crippen molar-refractivity contribution in [1.29, 1.82) is 0 Å². The summed E-state index contributed by atoms with van der Waals surface area (Å²) in [5.41, 5.74) is 3.32. The number of fused-ring (bicyclic) bond motifs is 2. The highest BCUT2D eigenvalue weighted by Gasteiger charge is 2.50. The molecule has 1 atom stereocenters. The summed E-state index contributed by atoms with van der Waals surface area (Å²) in [4.78, 5) is 51.9. The normalized spacial score (nSPS) is 21.7. The highest BCUT2D eigenvalue weighted by Crippen LogP contribution is 2.36. The van der Waals surface area contributed by atoms with Gasteiger partial charge in [0.2, 0.25) is 11.8 Å². The van der Waals surface area contributed by atoms with Crippen LogP contribution in [0.4, 0.5) is 16.2 Å². The highest BCUT2D eigenvalue weighted by molar-refractivity contribution is 7.99. The number of imide groups is 1. The average molecular weight is 451 g/mol. The zero-order chi connectivity index (χ0) is 22.5. The molecule has 9 heteroatoms. The Morgan fingerprint density at radius 2 is 1.94 bits per heavy atom. The Balaban J connectivity index is 1.32.